The van der Waals surface area contributed by atoms with Gasteiger partial charge in [0.2, 0.25) is 10.0 Å². The Labute approximate surface area is 130 Å². The van der Waals surface area contributed by atoms with Gasteiger partial charge in [-0.3, -0.25) is 0 Å². The molecule has 0 bridgehead atoms. The Hall–Kier alpha value is -2.29. The van der Waals surface area contributed by atoms with Gasteiger partial charge >= 0.3 is 0 Å². The van der Waals surface area contributed by atoms with Gasteiger partial charge < -0.3 is 5.11 Å². The number of aryl methyl sites for hydroxylation is 1. The summed E-state index contributed by atoms with van der Waals surface area (Å²) in [6.07, 6.45) is 5.33. The van der Waals surface area contributed by atoms with Crippen LogP contribution in [-0.4, -0.2) is 17.8 Å². The van der Waals surface area contributed by atoms with E-state index >= 15 is 0 Å². The van der Waals surface area contributed by atoms with Crippen molar-refractivity contribution in [2.24, 2.45) is 0 Å². The first-order valence-electron chi connectivity index (χ1n) is 6.80. The summed E-state index contributed by atoms with van der Waals surface area (Å²) in [5.41, 5.74) is 2.76. The van der Waals surface area contributed by atoms with Crippen molar-refractivity contribution < 1.29 is 13.5 Å². The number of phenols is 1. The molecule has 0 saturated heterocycles. The predicted molar refractivity (Wildman–Crippen MR) is 83.7 cm³/mol. The first kappa shape index (κ1) is 14.6. The van der Waals surface area contributed by atoms with Gasteiger partial charge in [-0.15, -0.1) is 6.42 Å². The quantitative estimate of drug-likeness (QED) is 0.866. The summed E-state index contributed by atoms with van der Waals surface area (Å²) in [6.45, 7) is 2.28. The van der Waals surface area contributed by atoms with Gasteiger partial charge in [0, 0.05) is 18.7 Å². The normalized spacial score (nSPS) is 14.5. The number of aromatic hydroxyl groups is 1. The van der Waals surface area contributed by atoms with Crippen molar-refractivity contribution in [2.45, 2.75) is 24.9 Å². The van der Waals surface area contributed by atoms with Crippen LogP contribution in [0.5, 0.6) is 5.75 Å². The Morgan fingerprint density at radius 3 is 2.45 bits per heavy atom. The Kier molecular flexibility index (Phi) is 3.44. The fraction of sp³-hybridized carbons (Fsp3) is 0.176. The molecule has 0 spiro atoms. The zero-order valence-corrected chi connectivity index (χ0v) is 12.9. The van der Waals surface area contributed by atoms with Crippen LogP contribution in [-0.2, 0) is 23.1 Å². The zero-order chi connectivity index (χ0) is 15.9. The Balaban J connectivity index is 1.97. The van der Waals surface area contributed by atoms with Crippen LogP contribution in [0.15, 0.2) is 41.3 Å². The van der Waals surface area contributed by atoms with Crippen LogP contribution in [0.1, 0.15) is 22.3 Å². The second-order valence-electron chi connectivity index (χ2n) is 5.33. The van der Waals surface area contributed by atoms with E-state index in [1.807, 2.05) is 6.92 Å². The highest BCUT2D eigenvalue weighted by Gasteiger charge is 2.32. The number of terminal acetylenes is 1. The monoisotopic (exact) mass is 313 g/mol. The van der Waals surface area contributed by atoms with Gasteiger partial charge in [0.25, 0.3) is 0 Å². The lowest BCUT2D eigenvalue weighted by atomic mass is 10.1. The number of sulfonamides is 1. The van der Waals surface area contributed by atoms with Gasteiger partial charge in [0.05, 0.1) is 10.5 Å². The van der Waals surface area contributed by atoms with Crippen molar-refractivity contribution in [3.63, 3.8) is 0 Å². The first-order valence-corrected chi connectivity index (χ1v) is 8.24. The number of hydrogen-bond acceptors (Lipinski definition) is 3. The lowest BCUT2D eigenvalue weighted by Gasteiger charge is -2.15. The van der Waals surface area contributed by atoms with Crippen LogP contribution in [0.25, 0.3) is 0 Å². The Morgan fingerprint density at radius 1 is 1.14 bits per heavy atom. The molecule has 22 heavy (non-hydrogen) atoms. The van der Waals surface area contributed by atoms with Crippen LogP contribution >= 0.6 is 0 Å². The topological polar surface area (TPSA) is 57.6 Å². The summed E-state index contributed by atoms with van der Waals surface area (Å²) < 4.78 is 26.7. The SMILES string of the molecule is C#Cc1ccc2c(c1O)CN(S(=O)(=O)c1ccc(C)cc1)C2. The fourth-order valence-electron chi connectivity index (χ4n) is 2.57. The lowest BCUT2D eigenvalue weighted by Crippen LogP contribution is -2.25. The summed E-state index contributed by atoms with van der Waals surface area (Å²) >= 11 is 0. The number of phenolic OH excluding ortho intramolecular Hbond substituents is 1. The number of hydrogen-bond donors (Lipinski definition) is 1. The average molecular weight is 313 g/mol. The van der Waals surface area contributed by atoms with E-state index < -0.39 is 10.0 Å². The molecule has 1 aliphatic rings. The molecule has 3 rings (SSSR count). The van der Waals surface area contributed by atoms with Crippen molar-refractivity contribution in [1.82, 2.24) is 4.31 Å². The molecule has 0 aromatic heterocycles. The Bertz CT molecular complexity index is 877. The molecule has 0 amide bonds. The van der Waals surface area contributed by atoms with Crippen molar-refractivity contribution in [3.8, 4) is 18.1 Å². The minimum absolute atomic E-state index is 0.00149. The summed E-state index contributed by atoms with van der Waals surface area (Å²) in [5, 5.41) is 10.1. The maximum absolute atomic E-state index is 12.7. The van der Waals surface area contributed by atoms with E-state index in [9.17, 15) is 13.5 Å². The minimum atomic E-state index is -3.59. The van der Waals surface area contributed by atoms with Crippen molar-refractivity contribution in [1.29, 1.82) is 0 Å². The maximum atomic E-state index is 12.7. The molecule has 0 atom stereocenters. The number of nitrogens with zero attached hydrogens (tertiary/aromatic N) is 1. The lowest BCUT2D eigenvalue weighted by molar-refractivity contribution is 0.422. The van der Waals surface area contributed by atoms with Crippen LogP contribution in [0.3, 0.4) is 0 Å². The number of fused-ring (bicyclic) bond motifs is 1. The average Bonchev–Trinajstić information content (AvgIpc) is 2.94. The van der Waals surface area contributed by atoms with Gasteiger partial charge in [-0.25, -0.2) is 8.42 Å². The van der Waals surface area contributed by atoms with Crippen molar-refractivity contribution in [3.05, 3.63) is 58.7 Å². The molecule has 1 heterocycles. The molecular formula is C17H15NO3S. The number of rotatable bonds is 2. The fourth-order valence-corrected chi connectivity index (χ4v) is 3.96. The van der Waals surface area contributed by atoms with E-state index in [0.717, 1.165) is 11.1 Å². The summed E-state index contributed by atoms with van der Waals surface area (Å²) in [7, 11) is -3.59. The van der Waals surface area contributed by atoms with Gasteiger partial charge in [-0.1, -0.05) is 29.7 Å². The van der Waals surface area contributed by atoms with Crippen LogP contribution in [0.2, 0.25) is 0 Å². The molecule has 4 nitrogen and oxygen atoms in total. The second-order valence-corrected chi connectivity index (χ2v) is 7.27. The number of benzene rings is 2. The third kappa shape index (κ3) is 2.27. The highest BCUT2D eigenvalue weighted by Crippen LogP contribution is 2.35. The zero-order valence-electron chi connectivity index (χ0n) is 12.1. The molecule has 1 N–H and O–H groups in total. The van der Waals surface area contributed by atoms with E-state index in [2.05, 4.69) is 5.92 Å². The standard InChI is InChI=1S/C17H15NO3S/c1-3-13-6-7-14-10-18(11-16(14)17(13)19)22(20,21)15-8-4-12(2)5-9-15/h1,4-9,19H,10-11H2,2H3. The molecule has 2 aromatic carbocycles. The molecule has 2 aromatic rings. The summed E-state index contributed by atoms with van der Waals surface area (Å²) in [4.78, 5) is 0.252. The summed E-state index contributed by atoms with van der Waals surface area (Å²) in [5.74, 6) is 2.40. The highest BCUT2D eigenvalue weighted by molar-refractivity contribution is 7.89. The van der Waals surface area contributed by atoms with Crippen molar-refractivity contribution >= 4 is 10.0 Å². The van der Waals surface area contributed by atoms with Gasteiger partial charge in [-0.2, -0.15) is 4.31 Å². The third-order valence-electron chi connectivity index (χ3n) is 3.88. The predicted octanol–water partition coefficient (Wildman–Crippen LogP) is 2.39. The van der Waals surface area contributed by atoms with E-state index in [4.69, 9.17) is 6.42 Å². The van der Waals surface area contributed by atoms with Crippen molar-refractivity contribution in [2.75, 3.05) is 0 Å². The third-order valence-corrected chi connectivity index (χ3v) is 5.68. The summed E-state index contributed by atoms with van der Waals surface area (Å²) in [6, 6.07) is 10.1. The van der Waals surface area contributed by atoms with E-state index in [1.54, 1.807) is 36.4 Å². The van der Waals surface area contributed by atoms with Gasteiger partial charge in [0.1, 0.15) is 5.75 Å². The van der Waals surface area contributed by atoms with Crippen LogP contribution in [0.4, 0.5) is 0 Å². The molecule has 0 fully saturated rings. The highest BCUT2D eigenvalue weighted by atomic mass is 32.2. The molecule has 5 heteroatoms. The molecule has 0 saturated carbocycles. The van der Waals surface area contributed by atoms with Gasteiger partial charge in [-0.05, 0) is 30.7 Å². The van der Waals surface area contributed by atoms with Gasteiger partial charge in [0.15, 0.2) is 0 Å². The maximum Gasteiger partial charge on any atom is 0.243 e. The smallest absolute Gasteiger partial charge is 0.243 e. The van der Waals surface area contributed by atoms with E-state index in [0.29, 0.717) is 11.1 Å². The van der Waals surface area contributed by atoms with Crippen LogP contribution in [0, 0.1) is 19.3 Å². The molecule has 1 aliphatic heterocycles. The molecular weight excluding hydrogens is 298 g/mol. The van der Waals surface area contributed by atoms with E-state index in [1.165, 1.54) is 4.31 Å². The van der Waals surface area contributed by atoms with E-state index in [-0.39, 0.29) is 23.7 Å². The second kappa shape index (κ2) is 5.16. The first-order chi connectivity index (χ1) is 10.4. The molecule has 0 radical (unpaired) electrons. The molecule has 0 aliphatic carbocycles. The molecule has 112 valence electrons. The minimum Gasteiger partial charge on any atom is -0.506 e. The Morgan fingerprint density at radius 2 is 1.82 bits per heavy atom. The largest absolute Gasteiger partial charge is 0.506 e. The van der Waals surface area contributed by atoms with Crippen LogP contribution < -0.4 is 0 Å². The molecule has 0 unspecified atom stereocenters.